The summed E-state index contributed by atoms with van der Waals surface area (Å²) in [4.78, 5) is 18.1. The summed E-state index contributed by atoms with van der Waals surface area (Å²) in [5.74, 6) is 0. The van der Waals surface area contributed by atoms with Crippen molar-refractivity contribution in [3.8, 4) is 11.3 Å². The number of hydrogen-bond acceptors (Lipinski definition) is 10. The van der Waals surface area contributed by atoms with Crippen molar-refractivity contribution in [2.45, 2.75) is 4.90 Å². The molecule has 0 amide bonds. The average molecular weight is 599 g/mol. The van der Waals surface area contributed by atoms with Gasteiger partial charge in [-0.25, -0.2) is 13.4 Å². The molecule has 206 valence electrons. The zero-order valence-electron chi connectivity index (χ0n) is 20.9. The Morgan fingerprint density at radius 2 is 1.77 bits per heavy atom. The van der Waals surface area contributed by atoms with E-state index in [0.29, 0.717) is 13.2 Å². The summed E-state index contributed by atoms with van der Waals surface area (Å²) in [5.41, 5.74) is 4.17. The van der Waals surface area contributed by atoms with Gasteiger partial charge in [-0.2, -0.15) is 5.10 Å². The number of nitrogens with zero attached hydrogens (tertiary/aromatic N) is 4. The smallest absolute Gasteiger partial charge is 0.270 e. The van der Waals surface area contributed by atoms with Gasteiger partial charge in [-0.1, -0.05) is 65.4 Å². The van der Waals surface area contributed by atoms with Crippen LogP contribution >= 0.6 is 22.9 Å². The lowest BCUT2D eigenvalue weighted by Crippen LogP contribution is -2.36. The van der Waals surface area contributed by atoms with E-state index in [1.54, 1.807) is 18.3 Å². The minimum atomic E-state index is -4.28. The van der Waals surface area contributed by atoms with E-state index in [4.69, 9.17) is 21.3 Å². The average Bonchev–Trinajstić information content (AvgIpc) is 3.39. The maximum atomic E-state index is 13.3. The van der Waals surface area contributed by atoms with Crippen molar-refractivity contribution >= 4 is 61.4 Å². The highest BCUT2D eigenvalue weighted by molar-refractivity contribution is 7.93. The Labute approximate surface area is 239 Å². The highest BCUT2D eigenvalue weighted by atomic mass is 35.5. The summed E-state index contributed by atoms with van der Waals surface area (Å²) >= 11 is 7.58. The molecule has 1 aliphatic heterocycles. The van der Waals surface area contributed by atoms with Gasteiger partial charge in [0, 0.05) is 30.8 Å². The van der Waals surface area contributed by atoms with E-state index in [1.165, 1.54) is 35.6 Å². The second-order valence-corrected chi connectivity index (χ2v) is 11.6. The number of anilines is 3. The van der Waals surface area contributed by atoms with Gasteiger partial charge < -0.3 is 9.64 Å². The SMILES string of the molecule is O=[N+]([O-])c1ccc(N/N=C\c2sc(N3CCOCC3)nc2-c2ccccc2)c(S(=O)(=O)Nc2ccccc2Cl)c1. The van der Waals surface area contributed by atoms with Crippen molar-refractivity contribution in [2.75, 3.05) is 41.4 Å². The molecule has 0 saturated carbocycles. The Bertz CT molecular complexity index is 1660. The fraction of sp³-hybridized carbons (Fsp3) is 0.154. The molecule has 0 unspecified atom stereocenters. The van der Waals surface area contributed by atoms with Crippen molar-refractivity contribution in [2.24, 2.45) is 5.10 Å². The lowest BCUT2D eigenvalue weighted by atomic mass is 10.1. The lowest BCUT2D eigenvalue weighted by Gasteiger charge is -2.26. The molecule has 40 heavy (non-hydrogen) atoms. The van der Waals surface area contributed by atoms with Crippen LogP contribution in [0.5, 0.6) is 0 Å². The predicted molar refractivity (Wildman–Crippen MR) is 157 cm³/mol. The van der Waals surface area contributed by atoms with Crippen molar-refractivity contribution in [1.82, 2.24) is 4.98 Å². The molecule has 4 aromatic rings. The fourth-order valence-electron chi connectivity index (χ4n) is 3.94. The van der Waals surface area contributed by atoms with Crippen LogP contribution < -0.4 is 15.0 Å². The van der Waals surface area contributed by atoms with Gasteiger partial charge in [0.05, 0.1) is 51.3 Å². The molecule has 11 nitrogen and oxygen atoms in total. The number of hydrazone groups is 1. The van der Waals surface area contributed by atoms with Crippen molar-refractivity contribution in [1.29, 1.82) is 0 Å². The van der Waals surface area contributed by atoms with Gasteiger partial charge in [0.25, 0.3) is 15.7 Å². The molecule has 5 rings (SSSR count). The van der Waals surface area contributed by atoms with E-state index >= 15 is 0 Å². The summed E-state index contributed by atoms with van der Waals surface area (Å²) < 4.78 is 34.4. The third kappa shape index (κ3) is 6.23. The Morgan fingerprint density at radius 1 is 1.05 bits per heavy atom. The van der Waals surface area contributed by atoms with Crippen molar-refractivity contribution in [3.05, 3.63) is 92.8 Å². The first-order valence-corrected chi connectivity index (χ1v) is 14.7. The molecule has 1 fully saturated rings. The van der Waals surface area contributed by atoms with Gasteiger partial charge >= 0.3 is 0 Å². The number of aromatic nitrogens is 1. The van der Waals surface area contributed by atoms with E-state index in [-0.39, 0.29) is 21.3 Å². The molecule has 0 bridgehead atoms. The molecule has 2 N–H and O–H groups in total. The number of thiazole rings is 1. The maximum absolute atomic E-state index is 13.3. The number of sulfonamides is 1. The van der Waals surface area contributed by atoms with Crippen molar-refractivity contribution < 1.29 is 18.1 Å². The number of nitro groups is 1. The molecule has 0 atom stereocenters. The van der Waals surface area contributed by atoms with Crippen molar-refractivity contribution in [3.63, 3.8) is 0 Å². The normalized spacial score (nSPS) is 13.9. The van der Waals surface area contributed by atoms with Gasteiger partial charge in [-0.15, -0.1) is 0 Å². The minimum Gasteiger partial charge on any atom is -0.378 e. The monoisotopic (exact) mass is 598 g/mol. The van der Waals surface area contributed by atoms with Crippen LogP contribution in [0.2, 0.25) is 5.02 Å². The number of ether oxygens (including phenoxy) is 1. The third-order valence-electron chi connectivity index (χ3n) is 5.92. The predicted octanol–water partition coefficient (Wildman–Crippen LogP) is 5.46. The molecular formula is C26H23ClN6O5S2. The second kappa shape index (κ2) is 12.0. The zero-order valence-corrected chi connectivity index (χ0v) is 23.2. The highest BCUT2D eigenvalue weighted by Gasteiger charge is 2.24. The van der Waals surface area contributed by atoms with E-state index in [2.05, 4.69) is 20.1 Å². The number of benzene rings is 3. The molecular weight excluding hydrogens is 576 g/mol. The number of hydrogen-bond donors (Lipinski definition) is 2. The first kappa shape index (κ1) is 27.5. The van der Waals surface area contributed by atoms with E-state index in [0.717, 1.165) is 40.4 Å². The second-order valence-electron chi connectivity index (χ2n) is 8.57. The van der Waals surface area contributed by atoms with E-state index in [1.807, 2.05) is 30.3 Å². The van der Waals surface area contributed by atoms with Crippen LogP contribution in [0, 0.1) is 10.1 Å². The number of nitro benzene ring substituents is 1. The minimum absolute atomic E-state index is 0.0422. The highest BCUT2D eigenvalue weighted by Crippen LogP contribution is 2.33. The quantitative estimate of drug-likeness (QED) is 0.147. The van der Waals surface area contributed by atoms with Crippen LogP contribution in [0.3, 0.4) is 0 Å². The Morgan fingerprint density at radius 3 is 2.50 bits per heavy atom. The van der Waals surface area contributed by atoms with Gasteiger partial charge in [0.15, 0.2) is 5.13 Å². The molecule has 0 radical (unpaired) electrons. The summed E-state index contributed by atoms with van der Waals surface area (Å²) in [6.45, 7) is 2.67. The number of para-hydroxylation sites is 1. The van der Waals surface area contributed by atoms with E-state index < -0.39 is 20.6 Å². The molecule has 1 saturated heterocycles. The first-order chi connectivity index (χ1) is 19.3. The van der Waals surface area contributed by atoms with Gasteiger partial charge in [-0.05, 0) is 18.2 Å². The topological polar surface area (TPSA) is 139 Å². The van der Waals surface area contributed by atoms with Gasteiger partial charge in [-0.3, -0.25) is 20.3 Å². The fourth-order valence-corrected chi connectivity index (χ4v) is 6.45. The maximum Gasteiger partial charge on any atom is 0.270 e. The van der Waals surface area contributed by atoms with Crippen LogP contribution in [0.4, 0.5) is 22.2 Å². The number of nitrogens with one attached hydrogen (secondary N) is 2. The molecule has 14 heteroatoms. The summed E-state index contributed by atoms with van der Waals surface area (Å²) in [5, 5.41) is 16.7. The van der Waals surface area contributed by atoms with Crippen LogP contribution in [0.25, 0.3) is 11.3 Å². The summed E-state index contributed by atoms with van der Waals surface area (Å²) in [7, 11) is -4.28. The lowest BCUT2D eigenvalue weighted by molar-refractivity contribution is -0.385. The first-order valence-electron chi connectivity index (χ1n) is 12.1. The van der Waals surface area contributed by atoms with Crippen LogP contribution in [-0.2, 0) is 14.8 Å². The van der Waals surface area contributed by atoms with Gasteiger partial charge in [0.2, 0.25) is 0 Å². The Kier molecular flexibility index (Phi) is 8.26. The summed E-state index contributed by atoms with van der Waals surface area (Å²) in [6.07, 6.45) is 1.56. The molecule has 0 aliphatic carbocycles. The third-order valence-corrected chi connectivity index (χ3v) is 8.71. The van der Waals surface area contributed by atoms with Crippen LogP contribution in [0.15, 0.2) is 82.8 Å². The Hall–Kier alpha value is -4.04. The summed E-state index contributed by atoms with van der Waals surface area (Å²) in [6, 6.07) is 19.4. The van der Waals surface area contributed by atoms with Crippen LogP contribution in [0.1, 0.15) is 4.88 Å². The van der Waals surface area contributed by atoms with E-state index in [9.17, 15) is 18.5 Å². The number of halogens is 1. The molecule has 1 aliphatic rings. The number of non-ortho nitro benzene ring substituents is 1. The molecule has 3 aromatic carbocycles. The number of rotatable bonds is 9. The molecule has 0 spiro atoms. The number of morpholine rings is 1. The zero-order chi connectivity index (χ0) is 28.1. The largest absolute Gasteiger partial charge is 0.378 e. The van der Waals surface area contributed by atoms with Gasteiger partial charge in [0.1, 0.15) is 4.90 Å². The van der Waals surface area contributed by atoms with Crippen LogP contribution in [-0.4, -0.2) is 50.8 Å². The molecule has 2 heterocycles. The standard InChI is InChI=1S/C26H23ClN6O5S2/c27-20-8-4-5-9-21(20)31-40(36,37)24-16-19(33(34)35)10-11-22(24)30-28-17-23-25(18-6-2-1-3-7-18)29-26(39-23)32-12-14-38-15-13-32/h1-11,16-17,30-31H,12-15H2/b28-17-. The molecule has 1 aromatic heterocycles. The Balaban J connectivity index is 1.47.